The van der Waals surface area contributed by atoms with Gasteiger partial charge in [-0.1, -0.05) is 0 Å². The predicted octanol–water partition coefficient (Wildman–Crippen LogP) is 1.10. The lowest BCUT2D eigenvalue weighted by atomic mass is 10.3. The molecule has 4 heteroatoms. The molecule has 14 heavy (non-hydrogen) atoms. The highest BCUT2D eigenvalue weighted by Crippen LogP contribution is 2.14. The molecule has 0 amide bonds. The predicted molar refractivity (Wildman–Crippen MR) is 51.3 cm³/mol. The highest BCUT2D eigenvalue weighted by Gasteiger charge is 2.06. The molecule has 0 radical (unpaired) electrons. The first kappa shape index (κ1) is 8.74. The second-order valence-electron chi connectivity index (χ2n) is 3.07. The highest BCUT2D eigenvalue weighted by atomic mass is 16.3. The maximum absolute atomic E-state index is 11.7. The number of hydrogen-bond acceptors (Lipinski definition) is 3. The van der Waals surface area contributed by atoms with E-state index in [4.69, 9.17) is 4.42 Å². The van der Waals surface area contributed by atoms with Crippen molar-refractivity contribution >= 4 is 17.3 Å². The van der Waals surface area contributed by atoms with Gasteiger partial charge in [0, 0.05) is 6.20 Å². The van der Waals surface area contributed by atoms with Crippen LogP contribution in [0.2, 0.25) is 0 Å². The smallest absolute Gasteiger partial charge is 0.262 e. The lowest BCUT2D eigenvalue weighted by Crippen LogP contribution is -2.19. The SMILES string of the molecule is Cc1cc2c(=O)n(CC=O)ccc2o1. The number of hydrogen-bond donors (Lipinski definition) is 0. The van der Waals surface area contributed by atoms with Crippen LogP contribution in [0.15, 0.2) is 27.5 Å². The fourth-order valence-electron chi connectivity index (χ4n) is 1.43. The van der Waals surface area contributed by atoms with Gasteiger partial charge in [-0.15, -0.1) is 0 Å². The number of aldehydes is 1. The highest BCUT2D eigenvalue weighted by molar-refractivity contribution is 5.76. The van der Waals surface area contributed by atoms with E-state index in [0.29, 0.717) is 23.0 Å². The summed E-state index contributed by atoms with van der Waals surface area (Å²) >= 11 is 0. The zero-order valence-corrected chi connectivity index (χ0v) is 7.69. The summed E-state index contributed by atoms with van der Waals surface area (Å²) in [5.74, 6) is 0.695. The van der Waals surface area contributed by atoms with Crippen LogP contribution >= 0.6 is 0 Å². The van der Waals surface area contributed by atoms with Crippen LogP contribution in [0.1, 0.15) is 5.76 Å². The molecule has 2 aromatic rings. The third-order valence-electron chi connectivity index (χ3n) is 2.05. The fourth-order valence-corrected chi connectivity index (χ4v) is 1.43. The van der Waals surface area contributed by atoms with Gasteiger partial charge in [0.25, 0.3) is 5.56 Å². The van der Waals surface area contributed by atoms with Crippen LogP contribution in [0.5, 0.6) is 0 Å². The monoisotopic (exact) mass is 191 g/mol. The molecule has 72 valence electrons. The molecule has 2 aromatic heterocycles. The van der Waals surface area contributed by atoms with Gasteiger partial charge in [-0.05, 0) is 19.1 Å². The molecule has 0 atom stereocenters. The molecule has 0 N–H and O–H groups in total. The van der Waals surface area contributed by atoms with Gasteiger partial charge in [0.15, 0.2) is 0 Å². The molecule has 2 heterocycles. The summed E-state index contributed by atoms with van der Waals surface area (Å²) in [4.78, 5) is 22.0. The second-order valence-corrected chi connectivity index (χ2v) is 3.07. The molecule has 0 unspecified atom stereocenters. The number of aromatic nitrogens is 1. The molecule has 0 aromatic carbocycles. The minimum absolute atomic E-state index is 0.0823. The Hall–Kier alpha value is -1.84. The average molecular weight is 191 g/mol. The average Bonchev–Trinajstić information content (AvgIpc) is 2.52. The van der Waals surface area contributed by atoms with Crippen LogP contribution in [0.3, 0.4) is 0 Å². The van der Waals surface area contributed by atoms with E-state index in [-0.39, 0.29) is 12.1 Å². The van der Waals surface area contributed by atoms with Gasteiger partial charge in [0.05, 0.1) is 11.9 Å². The van der Waals surface area contributed by atoms with Crippen LogP contribution < -0.4 is 5.56 Å². The number of rotatable bonds is 2. The minimum atomic E-state index is -0.188. The van der Waals surface area contributed by atoms with E-state index in [9.17, 15) is 9.59 Å². The third-order valence-corrected chi connectivity index (χ3v) is 2.05. The van der Waals surface area contributed by atoms with Crippen molar-refractivity contribution in [2.75, 3.05) is 0 Å². The maximum atomic E-state index is 11.7. The summed E-state index contributed by atoms with van der Waals surface area (Å²) in [6.07, 6.45) is 2.25. The molecule has 0 aliphatic rings. The normalized spacial score (nSPS) is 10.6. The first-order valence-electron chi connectivity index (χ1n) is 4.25. The van der Waals surface area contributed by atoms with Crippen LogP contribution in [-0.4, -0.2) is 10.9 Å². The maximum Gasteiger partial charge on any atom is 0.262 e. The van der Waals surface area contributed by atoms with Gasteiger partial charge < -0.3 is 13.8 Å². The van der Waals surface area contributed by atoms with E-state index in [1.807, 2.05) is 0 Å². The Bertz CT molecular complexity index is 536. The Morgan fingerprint density at radius 3 is 3.07 bits per heavy atom. The molecule has 0 aliphatic carbocycles. The number of furan rings is 1. The first-order chi connectivity index (χ1) is 6.72. The van der Waals surface area contributed by atoms with E-state index in [1.165, 1.54) is 4.57 Å². The van der Waals surface area contributed by atoms with E-state index in [2.05, 4.69) is 0 Å². The van der Waals surface area contributed by atoms with Gasteiger partial charge in [-0.3, -0.25) is 4.79 Å². The molecular weight excluding hydrogens is 182 g/mol. The largest absolute Gasteiger partial charge is 0.461 e. The minimum Gasteiger partial charge on any atom is -0.461 e. The van der Waals surface area contributed by atoms with Crippen LogP contribution in [-0.2, 0) is 11.3 Å². The Balaban J connectivity index is 2.74. The van der Waals surface area contributed by atoms with Crippen molar-refractivity contribution in [1.29, 1.82) is 0 Å². The van der Waals surface area contributed by atoms with E-state index >= 15 is 0 Å². The van der Waals surface area contributed by atoms with E-state index < -0.39 is 0 Å². The van der Waals surface area contributed by atoms with Crippen molar-refractivity contribution in [2.24, 2.45) is 0 Å². The van der Waals surface area contributed by atoms with Crippen LogP contribution in [0.4, 0.5) is 0 Å². The summed E-state index contributed by atoms with van der Waals surface area (Å²) in [5, 5.41) is 0.520. The number of carbonyl (C=O) groups is 1. The number of aryl methyl sites for hydroxylation is 1. The topological polar surface area (TPSA) is 52.2 Å². The van der Waals surface area contributed by atoms with Gasteiger partial charge in [0.1, 0.15) is 17.6 Å². The Morgan fingerprint density at radius 2 is 2.36 bits per heavy atom. The summed E-state index contributed by atoms with van der Waals surface area (Å²) in [5.41, 5.74) is 0.376. The van der Waals surface area contributed by atoms with Gasteiger partial charge in [0.2, 0.25) is 0 Å². The molecule has 0 fully saturated rings. The van der Waals surface area contributed by atoms with Gasteiger partial charge in [-0.25, -0.2) is 0 Å². The number of pyridine rings is 1. The van der Waals surface area contributed by atoms with E-state index in [0.717, 1.165) is 0 Å². The second kappa shape index (κ2) is 3.14. The Labute approximate surface area is 79.8 Å². The van der Waals surface area contributed by atoms with Crippen molar-refractivity contribution in [3.63, 3.8) is 0 Å². The first-order valence-corrected chi connectivity index (χ1v) is 4.25. The zero-order valence-electron chi connectivity index (χ0n) is 7.69. The molecule has 0 spiro atoms. The van der Waals surface area contributed by atoms with Gasteiger partial charge >= 0.3 is 0 Å². The number of nitrogens with zero attached hydrogens (tertiary/aromatic N) is 1. The lowest BCUT2D eigenvalue weighted by Gasteiger charge is -1.98. The summed E-state index contributed by atoms with van der Waals surface area (Å²) in [6.45, 7) is 1.86. The summed E-state index contributed by atoms with van der Waals surface area (Å²) < 4.78 is 6.63. The molecule has 4 nitrogen and oxygen atoms in total. The van der Waals surface area contributed by atoms with E-state index in [1.54, 1.807) is 25.3 Å². The standard InChI is InChI=1S/C10H9NO3/c1-7-6-8-9(14-7)2-3-11(4-5-12)10(8)13/h2-3,5-6H,4H2,1H3. The summed E-state index contributed by atoms with van der Waals surface area (Å²) in [7, 11) is 0. The third kappa shape index (κ3) is 1.25. The Kier molecular flexibility index (Phi) is 1.96. The molecular formula is C10H9NO3. The lowest BCUT2D eigenvalue weighted by molar-refractivity contribution is -0.108. The molecule has 0 aliphatic heterocycles. The van der Waals surface area contributed by atoms with Crippen LogP contribution in [0.25, 0.3) is 11.0 Å². The molecule has 0 bridgehead atoms. The van der Waals surface area contributed by atoms with Crippen molar-refractivity contribution in [2.45, 2.75) is 13.5 Å². The zero-order chi connectivity index (χ0) is 10.1. The quantitative estimate of drug-likeness (QED) is 0.668. The molecule has 2 rings (SSSR count). The fraction of sp³-hybridized carbons (Fsp3) is 0.200. The van der Waals surface area contributed by atoms with Crippen molar-refractivity contribution in [3.8, 4) is 0 Å². The van der Waals surface area contributed by atoms with Crippen molar-refractivity contribution in [3.05, 3.63) is 34.4 Å². The Morgan fingerprint density at radius 1 is 1.57 bits per heavy atom. The molecule has 0 saturated carbocycles. The van der Waals surface area contributed by atoms with Crippen molar-refractivity contribution < 1.29 is 9.21 Å². The van der Waals surface area contributed by atoms with Gasteiger partial charge in [-0.2, -0.15) is 0 Å². The molecule has 0 saturated heterocycles. The summed E-state index contributed by atoms with van der Waals surface area (Å²) in [6, 6.07) is 3.37. The number of fused-ring (bicyclic) bond motifs is 1. The van der Waals surface area contributed by atoms with Crippen LogP contribution in [0, 0.1) is 6.92 Å². The number of carbonyl (C=O) groups excluding carboxylic acids is 1. The van der Waals surface area contributed by atoms with Crippen molar-refractivity contribution in [1.82, 2.24) is 4.57 Å².